The van der Waals surface area contributed by atoms with Gasteiger partial charge < -0.3 is 10.4 Å². The van der Waals surface area contributed by atoms with Gasteiger partial charge >= 0.3 is 6.18 Å². The zero-order chi connectivity index (χ0) is 13.9. The van der Waals surface area contributed by atoms with Crippen LogP contribution < -0.4 is 5.32 Å². The van der Waals surface area contributed by atoms with Crippen LogP contribution >= 0.6 is 12.4 Å². The fourth-order valence-electron chi connectivity index (χ4n) is 2.42. The van der Waals surface area contributed by atoms with E-state index in [-0.39, 0.29) is 18.2 Å². The highest BCUT2D eigenvalue weighted by Crippen LogP contribution is 2.37. The number of para-hydroxylation sites is 1. The van der Waals surface area contributed by atoms with Crippen molar-refractivity contribution >= 4 is 12.4 Å². The molecule has 1 fully saturated rings. The van der Waals surface area contributed by atoms with E-state index >= 15 is 0 Å². The fraction of sp³-hybridized carbons (Fsp3) is 0.538. The summed E-state index contributed by atoms with van der Waals surface area (Å²) in [6, 6.07) is 5.44. The first-order valence-corrected chi connectivity index (χ1v) is 6.27. The van der Waals surface area contributed by atoms with Crippen LogP contribution in [0.5, 0.6) is 5.75 Å². The maximum absolute atomic E-state index is 12.8. The second-order valence-corrected chi connectivity index (χ2v) is 4.68. The van der Waals surface area contributed by atoms with Crippen molar-refractivity contribution in [3.05, 3.63) is 29.8 Å². The van der Waals surface area contributed by atoms with Crippen molar-refractivity contribution in [3.63, 3.8) is 0 Å². The number of piperazine rings is 1. The summed E-state index contributed by atoms with van der Waals surface area (Å²) >= 11 is 0. The lowest BCUT2D eigenvalue weighted by Gasteiger charge is -2.35. The maximum Gasteiger partial charge on any atom is 0.390 e. The van der Waals surface area contributed by atoms with E-state index in [1.54, 1.807) is 23.1 Å². The van der Waals surface area contributed by atoms with Gasteiger partial charge in [-0.15, -0.1) is 12.4 Å². The molecule has 0 bridgehead atoms. The fourth-order valence-corrected chi connectivity index (χ4v) is 2.42. The predicted octanol–water partition coefficient (Wildman–Crippen LogP) is 2.71. The van der Waals surface area contributed by atoms with Gasteiger partial charge in [-0.25, -0.2) is 0 Å². The molecule has 2 N–H and O–H groups in total. The number of alkyl halides is 3. The summed E-state index contributed by atoms with van der Waals surface area (Å²) in [7, 11) is 0. The van der Waals surface area contributed by atoms with Gasteiger partial charge in [0.15, 0.2) is 0 Å². The third-order valence-corrected chi connectivity index (χ3v) is 3.31. The SMILES string of the molecule is Cl.Oc1ccccc1[C@@H](CC(F)(F)F)N1CCNCC1. The average molecular weight is 311 g/mol. The molecule has 20 heavy (non-hydrogen) atoms. The standard InChI is InChI=1S/C13H17F3N2O.ClH/c14-13(15,16)9-11(18-7-5-17-6-8-18)10-3-1-2-4-12(10)19;/h1-4,11,17,19H,5-9H2;1H/t11-;/m1./s1. The molecule has 1 aliphatic rings. The molecule has 0 amide bonds. The maximum atomic E-state index is 12.8. The quantitative estimate of drug-likeness (QED) is 0.901. The molecule has 0 radical (unpaired) electrons. The molecule has 0 aromatic heterocycles. The van der Waals surface area contributed by atoms with Crippen molar-refractivity contribution in [2.45, 2.75) is 18.6 Å². The molecular formula is C13H18ClF3N2O. The van der Waals surface area contributed by atoms with Crippen LogP contribution in [-0.4, -0.2) is 42.4 Å². The number of halogens is 4. The topological polar surface area (TPSA) is 35.5 Å². The number of hydrogen-bond acceptors (Lipinski definition) is 3. The van der Waals surface area contributed by atoms with E-state index < -0.39 is 18.6 Å². The molecule has 2 rings (SSSR count). The number of aromatic hydroxyl groups is 1. The summed E-state index contributed by atoms with van der Waals surface area (Å²) in [4.78, 5) is 1.78. The first-order valence-electron chi connectivity index (χ1n) is 6.27. The molecule has 1 aliphatic heterocycles. The summed E-state index contributed by atoms with van der Waals surface area (Å²) in [6.45, 7) is 2.44. The molecule has 114 valence electrons. The predicted molar refractivity (Wildman–Crippen MR) is 73.2 cm³/mol. The van der Waals surface area contributed by atoms with Gasteiger partial charge in [0.25, 0.3) is 0 Å². The number of benzene rings is 1. The van der Waals surface area contributed by atoms with Gasteiger partial charge in [-0.1, -0.05) is 18.2 Å². The third-order valence-electron chi connectivity index (χ3n) is 3.31. The molecule has 0 aliphatic carbocycles. The van der Waals surface area contributed by atoms with E-state index in [0.717, 1.165) is 0 Å². The smallest absolute Gasteiger partial charge is 0.390 e. The third kappa shape index (κ3) is 4.54. The molecule has 1 saturated heterocycles. The highest BCUT2D eigenvalue weighted by atomic mass is 35.5. The van der Waals surface area contributed by atoms with Crippen LogP contribution in [0.15, 0.2) is 24.3 Å². The largest absolute Gasteiger partial charge is 0.508 e. The van der Waals surface area contributed by atoms with Crippen molar-refractivity contribution in [3.8, 4) is 5.75 Å². The van der Waals surface area contributed by atoms with Crippen molar-refractivity contribution in [2.24, 2.45) is 0 Å². The van der Waals surface area contributed by atoms with Crippen LogP contribution in [-0.2, 0) is 0 Å². The van der Waals surface area contributed by atoms with E-state index in [4.69, 9.17) is 0 Å². The molecule has 0 saturated carbocycles. The second-order valence-electron chi connectivity index (χ2n) is 4.68. The number of nitrogens with one attached hydrogen (secondary N) is 1. The number of phenols is 1. The van der Waals surface area contributed by atoms with Gasteiger partial charge in [0.1, 0.15) is 5.75 Å². The molecule has 1 atom stereocenters. The first-order chi connectivity index (χ1) is 8.97. The minimum absolute atomic E-state index is 0. The summed E-state index contributed by atoms with van der Waals surface area (Å²) in [5.41, 5.74) is 0.349. The Bertz CT molecular complexity index is 422. The first kappa shape index (κ1) is 17.1. The molecule has 0 spiro atoms. The molecule has 1 heterocycles. The summed E-state index contributed by atoms with van der Waals surface area (Å²) in [6.07, 6.45) is -5.19. The van der Waals surface area contributed by atoms with Crippen molar-refractivity contribution in [1.82, 2.24) is 10.2 Å². The average Bonchev–Trinajstić information content (AvgIpc) is 2.37. The lowest BCUT2D eigenvalue weighted by atomic mass is 10.00. The number of rotatable bonds is 3. The van der Waals surface area contributed by atoms with Gasteiger partial charge in [-0.05, 0) is 6.07 Å². The van der Waals surface area contributed by atoms with Crippen molar-refractivity contribution < 1.29 is 18.3 Å². The Morgan fingerprint density at radius 2 is 1.80 bits per heavy atom. The van der Waals surface area contributed by atoms with Crippen LogP contribution in [0.4, 0.5) is 13.2 Å². The minimum Gasteiger partial charge on any atom is -0.508 e. The summed E-state index contributed by atoms with van der Waals surface area (Å²) in [5.74, 6) is -0.0738. The molecule has 1 aromatic carbocycles. The Morgan fingerprint density at radius 3 is 2.35 bits per heavy atom. The highest BCUT2D eigenvalue weighted by Gasteiger charge is 2.36. The van der Waals surface area contributed by atoms with Crippen LogP contribution in [0.25, 0.3) is 0 Å². The van der Waals surface area contributed by atoms with E-state index in [1.165, 1.54) is 6.07 Å². The monoisotopic (exact) mass is 310 g/mol. The Morgan fingerprint density at radius 1 is 1.20 bits per heavy atom. The zero-order valence-electron chi connectivity index (χ0n) is 10.9. The van der Waals surface area contributed by atoms with Crippen molar-refractivity contribution in [1.29, 1.82) is 0 Å². The summed E-state index contributed by atoms with van der Waals surface area (Å²) in [5, 5.41) is 12.9. The van der Waals surface area contributed by atoms with Crippen LogP contribution in [0.2, 0.25) is 0 Å². The van der Waals surface area contributed by atoms with Crippen molar-refractivity contribution in [2.75, 3.05) is 26.2 Å². The van der Waals surface area contributed by atoms with Gasteiger partial charge in [0.2, 0.25) is 0 Å². The second kappa shape index (κ2) is 7.15. The van der Waals surface area contributed by atoms with Crippen LogP contribution in [0.1, 0.15) is 18.0 Å². The number of phenolic OH excluding ortho intramolecular Hbond substituents is 1. The van der Waals surface area contributed by atoms with E-state index in [0.29, 0.717) is 31.7 Å². The summed E-state index contributed by atoms with van der Waals surface area (Å²) < 4.78 is 38.3. The van der Waals surface area contributed by atoms with Crippen LogP contribution in [0, 0.1) is 0 Å². The molecule has 7 heteroatoms. The normalized spacial score (nSPS) is 18.4. The highest BCUT2D eigenvalue weighted by molar-refractivity contribution is 5.85. The van der Waals surface area contributed by atoms with Gasteiger partial charge in [0.05, 0.1) is 6.42 Å². The number of nitrogens with zero attached hydrogens (tertiary/aromatic N) is 1. The minimum atomic E-state index is -4.25. The Labute approximate surface area is 122 Å². The molecule has 3 nitrogen and oxygen atoms in total. The Balaban J connectivity index is 0.00000200. The lowest BCUT2D eigenvalue weighted by Crippen LogP contribution is -2.46. The number of hydrogen-bond donors (Lipinski definition) is 2. The molecular weight excluding hydrogens is 293 g/mol. The Hall–Kier alpha value is -0.980. The zero-order valence-corrected chi connectivity index (χ0v) is 11.7. The Kier molecular flexibility index (Phi) is 6.10. The van der Waals surface area contributed by atoms with E-state index in [2.05, 4.69) is 5.32 Å². The molecule has 1 aromatic rings. The van der Waals surface area contributed by atoms with E-state index in [1.807, 2.05) is 0 Å². The lowest BCUT2D eigenvalue weighted by molar-refractivity contribution is -0.148. The van der Waals surface area contributed by atoms with Crippen LogP contribution in [0.3, 0.4) is 0 Å². The van der Waals surface area contributed by atoms with E-state index in [9.17, 15) is 18.3 Å². The van der Waals surface area contributed by atoms with Gasteiger partial charge in [-0.2, -0.15) is 13.2 Å². The van der Waals surface area contributed by atoms with Gasteiger partial charge in [0, 0.05) is 37.8 Å². The van der Waals surface area contributed by atoms with Gasteiger partial charge in [-0.3, -0.25) is 4.90 Å². The molecule has 0 unspecified atom stereocenters.